The summed E-state index contributed by atoms with van der Waals surface area (Å²) in [6.45, 7) is 5.65. The van der Waals surface area contributed by atoms with Gasteiger partial charge in [0.25, 0.3) is 10.0 Å². The summed E-state index contributed by atoms with van der Waals surface area (Å²) in [5.41, 5.74) is 1.65. The van der Waals surface area contributed by atoms with Crippen LogP contribution in [-0.2, 0) is 42.7 Å². The summed E-state index contributed by atoms with van der Waals surface area (Å²) in [6.07, 6.45) is 6.83. The smallest absolute Gasteiger partial charge is 0.269 e. The number of hydrogen-bond acceptors (Lipinski definition) is 4. The van der Waals surface area contributed by atoms with Crippen molar-refractivity contribution in [2.24, 2.45) is 0 Å². The van der Waals surface area contributed by atoms with E-state index in [2.05, 4.69) is 10.9 Å². The molecular formula is C20H23N2O3SY-. The van der Waals surface area contributed by atoms with Crippen LogP contribution in [0.1, 0.15) is 30.7 Å². The molecule has 1 aliphatic rings. The first-order chi connectivity index (χ1) is 12.0. The van der Waals surface area contributed by atoms with Gasteiger partial charge in [0.1, 0.15) is 10.6 Å². The molecule has 0 bridgehead atoms. The SMILES string of the molecule is C#CCN1c2cccnc2C(O)=C(c2ccccc2C)S1(=O)=O.CC.[CH3-].[Y]. The Labute approximate surface area is 187 Å². The van der Waals surface area contributed by atoms with Gasteiger partial charge in [-0.15, -0.1) is 6.42 Å². The number of aromatic nitrogens is 1. The molecule has 0 saturated heterocycles. The van der Waals surface area contributed by atoms with E-state index in [4.69, 9.17) is 6.42 Å². The van der Waals surface area contributed by atoms with Crippen LogP contribution in [0, 0.1) is 26.7 Å². The van der Waals surface area contributed by atoms with E-state index in [-0.39, 0.29) is 68.7 Å². The first-order valence-electron chi connectivity index (χ1n) is 7.89. The quantitative estimate of drug-likeness (QED) is 0.543. The largest absolute Gasteiger partial charge is 0.504 e. The van der Waals surface area contributed by atoms with Crippen molar-refractivity contribution in [2.45, 2.75) is 20.8 Å². The summed E-state index contributed by atoms with van der Waals surface area (Å²) in [4.78, 5) is 3.95. The Morgan fingerprint density at radius 1 is 1.19 bits per heavy atom. The molecule has 7 heteroatoms. The summed E-state index contributed by atoms with van der Waals surface area (Å²) in [7, 11) is -3.98. The van der Waals surface area contributed by atoms with E-state index < -0.39 is 10.0 Å². The predicted octanol–water partition coefficient (Wildman–Crippen LogP) is 4.03. The Morgan fingerprint density at radius 2 is 1.81 bits per heavy atom. The van der Waals surface area contributed by atoms with Gasteiger partial charge in [-0.05, 0) is 24.6 Å². The zero-order valence-corrected chi connectivity index (χ0v) is 19.6. The number of aryl methyl sites for hydroxylation is 1. The third-order valence-corrected chi connectivity index (χ3v) is 5.50. The number of terminal acetylenes is 1. The second-order valence-electron chi connectivity index (χ2n) is 5.08. The molecule has 1 aliphatic heterocycles. The molecule has 5 nitrogen and oxygen atoms in total. The second-order valence-corrected chi connectivity index (χ2v) is 6.88. The number of anilines is 1. The molecule has 1 aromatic heterocycles. The van der Waals surface area contributed by atoms with Gasteiger partial charge in [-0.3, -0.25) is 9.29 Å². The van der Waals surface area contributed by atoms with Crippen molar-refractivity contribution in [2.75, 3.05) is 10.8 Å². The molecule has 0 atom stereocenters. The van der Waals surface area contributed by atoms with Gasteiger partial charge in [0.15, 0.2) is 5.76 Å². The van der Waals surface area contributed by atoms with Crippen LogP contribution in [0.15, 0.2) is 42.6 Å². The van der Waals surface area contributed by atoms with Crippen molar-refractivity contribution >= 4 is 26.4 Å². The molecule has 2 aromatic rings. The Balaban J connectivity index is 0.00000164. The molecule has 2 heterocycles. The van der Waals surface area contributed by atoms with Crippen LogP contribution < -0.4 is 4.31 Å². The molecule has 0 aliphatic carbocycles. The van der Waals surface area contributed by atoms with E-state index in [1.807, 2.05) is 13.8 Å². The van der Waals surface area contributed by atoms with E-state index in [9.17, 15) is 13.5 Å². The fourth-order valence-corrected chi connectivity index (χ4v) is 4.32. The molecule has 3 rings (SSSR count). The van der Waals surface area contributed by atoms with Crippen LogP contribution >= 0.6 is 0 Å². The average Bonchev–Trinajstić information content (AvgIpc) is 2.62. The van der Waals surface area contributed by atoms with Crippen molar-refractivity contribution in [3.63, 3.8) is 0 Å². The number of pyridine rings is 1. The van der Waals surface area contributed by atoms with E-state index >= 15 is 0 Å². The molecule has 0 fully saturated rings. The topological polar surface area (TPSA) is 70.5 Å². The zero-order chi connectivity index (χ0) is 18.6. The normalized spacial score (nSPS) is 13.8. The second kappa shape index (κ2) is 10.6. The van der Waals surface area contributed by atoms with E-state index in [0.717, 1.165) is 9.87 Å². The number of aliphatic hydroxyl groups excluding tert-OH is 1. The van der Waals surface area contributed by atoms with Crippen molar-refractivity contribution in [3.05, 3.63) is 66.8 Å². The maximum Gasteiger partial charge on any atom is 0.269 e. The van der Waals surface area contributed by atoms with Crippen LogP contribution in [0.25, 0.3) is 10.7 Å². The van der Waals surface area contributed by atoms with Crippen LogP contribution in [0.2, 0.25) is 0 Å². The third kappa shape index (κ3) is 4.60. The van der Waals surface area contributed by atoms with Crippen LogP contribution in [0.4, 0.5) is 5.69 Å². The van der Waals surface area contributed by atoms with E-state index in [0.29, 0.717) is 5.56 Å². The number of sulfonamides is 1. The molecule has 27 heavy (non-hydrogen) atoms. The third-order valence-electron chi connectivity index (χ3n) is 3.67. The maximum atomic E-state index is 13.0. The van der Waals surface area contributed by atoms with Gasteiger partial charge in [0, 0.05) is 44.5 Å². The summed E-state index contributed by atoms with van der Waals surface area (Å²) in [6, 6.07) is 10.1. The minimum absolute atomic E-state index is 0. The Bertz CT molecular complexity index is 963. The zero-order valence-electron chi connectivity index (χ0n) is 16.0. The van der Waals surface area contributed by atoms with Gasteiger partial charge in [-0.1, -0.05) is 44.0 Å². The number of rotatable bonds is 2. The number of nitrogens with zero attached hydrogens (tertiary/aromatic N) is 2. The van der Waals surface area contributed by atoms with Crippen LogP contribution in [0.5, 0.6) is 0 Å². The standard InChI is InChI=1S/C17H14N2O3S.C2H6.CH3.Y/c1-3-11-19-14-9-6-10-18-15(14)16(20)17(23(19,21)22)13-8-5-4-7-12(13)2;1-2;;/h1,4-10,20H,11H2,2H3;1-2H3;1H3;/q;;-1;. The molecule has 0 amide bonds. The van der Waals surface area contributed by atoms with E-state index in [1.165, 1.54) is 6.20 Å². The molecule has 0 saturated carbocycles. The van der Waals surface area contributed by atoms with Crippen LogP contribution in [0.3, 0.4) is 0 Å². The van der Waals surface area contributed by atoms with Crippen molar-refractivity contribution in [1.82, 2.24) is 4.98 Å². The monoisotopic (exact) mass is 460 g/mol. The molecule has 1 aromatic carbocycles. The molecule has 1 radical (unpaired) electrons. The first-order valence-corrected chi connectivity index (χ1v) is 9.33. The van der Waals surface area contributed by atoms with Crippen molar-refractivity contribution in [1.29, 1.82) is 0 Å². The summed E-state index contributed by atoms with van der Waals surface area (Å²) < 4.78 is 27.1. The minimum atomic E-state index is -3.98. The van der Waals surface area contributed by atoms with Crippen molar-refractivity contribution in [3.8, 4) is 12.3 Å². The Morgan fingerprint density at radius 3 is 2.41 bits per heavy atom. The van der Waals surface area contributed by atoms with Crippen LogP contribution in [-0.4, -0.2) is 25.1 Å². The van der Waals surface area contributed by atoms with Gasteiger partial charge in [-0.25, -0.2) is 8.42 Å². The number of hydrogen-bond donors (Lipinski definition) is 1. The Kier molecular flexibility index (Phi) is 9.95. The summed E-state index contributed by atoms with van der Waals surface area (Å²) in [5, 5.41) is 10.6. The molecule has 0 spiro atoms. The van der Waals surface area contributed by atoms with Gasteiger partial charge in [0.2, 0.25) is 0 Å². The molecule has 1 N–H and O–H groups in total. The average molecular weight is 460 g/mol. The predicted molar refractivity (Wildman–Crippen MR) is 108 cm³/mol. The number of fused-ring (bicyclic) bond motifs is 1. The first kappa shape index (κ1) is 25.3. The Hall–Kier alpha value is -1.68. The van der Waals surface area contributed by atoms with Gasteiger partial charge >= 0.3 is 0 Å². The summed E-state index contributed by atoms with van der Waals surface area (Å²) >= 11 is 0. The van der Waals surface area contributed by atoms with Gasteiger partial charge < -0.3 is 12.5 Å². The molecular weight excluding hydrogens is 437 g/mol. The maximum absolute atomic E-state index is 13.0. The number of benzene rings is 1. The molecule has 141 valence electrons. The van der Waals surface area contributed by atoms with Gasteiger partial charge in [0.05, 0.1) is 12.2 Å². The fourth-order valence-electron chi connectivity index (χ4n) is 2.60. The van der Waals surface area contributed by atoms with Crippen molar-refractivity contribution < 1.29 is 46.2 Å². The number of aliphatic hydroxyl groups is 1. The fraction of sp³-hybridized carbons (Fsp3) is 0.200. The van der Waals surface area contributed by atoms with Gasteiger partial charge in [-0.2, -0.15) is 0 Å². The van der Waals surface area contributed by atoms with E-state index in [1.54, 1.807) is 43.3 Å². The minimum Gasteiger partial charge on any atom is -0.504 e. The molecule has 0 unspecified atom stereocenters. The summed E-state index contributed by atoms with van der Waals surface area (Å²) in [5.74, 6) is 1.99.